The first-order valence-corrected chi connectivity index (χ1v) is 9.86. The zero-order valence-electron chi connectivity index (χ0n) is 16.8. The number of methoxy groups -OCH3 is 2. The maximum absolute atomic E-state index is 12.5. The standard InChI is InChI=1S/C22H25ClN2O4/c1-14-4-6-17(12-18(14)23)25-13-16(11-21(25)26)22(27)24-9-8-15-5-7-19(28-2)20(10-15)29-3/h4-7,10,12,16H,8-9,11,13H2,1-3H3,(H,24,27)/t16-/m1/s1. The highest BCUT2D eigenvalue weighted by molar-refractivity contribution is 6.31. The molecule has 1 aliphatic heterocycles. The number of carbonyl (C=O) groups excluding carboxylic acids is 2. The molecule has 0 unspecified atom stereocenters. The fourth-order valence-corrected chi connectivity index (χ4v) is 3.57. The summed E-state index contributed by atoms with van der Waals surface area (Å²) in [5, 5.41) is 3.55. The molecule has 1 saturated heterocycles. The molecule has 1 fully saturated rings. The number of hydrogen-bond acceptors (Lipinski definition) is 4. The van der Waals surface area contributed by atoms with Crippen molar-refractivity contribution in [2.24, 2.45) is 5.92 Å². The number of hydrogen-bond donors (Lipinski definition) is 1. The maximum Gasteiger partial charge on any atom is 0.227 e. The van der Waals surface area contributed by atoms with E-state index in [9.17, 15) is 9.59 Å². The van der Waals surface area contributed by atoms with Gasteiger partial charge >= 0.3 is 0 Å². The molecular weight excluding hydrogens is 392 g/mol. The Kier molecular flexibility index (Phi) is 6.64. The minimum Gasteiger partial charge on any atom is -0.493 e. The van der Waals surface area contributed by atoms with Crippen LogP contribution in [0.3, 0.4) is 0 Å². The first kappa shape index (κ1) is 21.0. The summed E-state index contributed by atoms with van der Waals surface area (Å²) < 4.78 is 10.5. The summed E-state index contributed by atoms with van der Waals surface area (Å²) in [4.78, 5) is 26.6. The largest absolute Gasteiger partial charge is 0.493 e. The molecule has 0 aliphatic carbocycles. The van der Waals surface area contributed by atoms with Gasteiger partial charge in [0.2, 0.25) is 11.8 Å². The van der Waals surface area contributed by atoms with Crippen LogP contribution in [-0.2, 0) is 16.0 Å². The fourth-order valence-electron chi connectivity index (χ4n) is 3.39. The number of rotatable bonds is 7. The SMILES string of the molecule is COc1ccc(CCNC(=O)[C@@H]2CC(=O)N(c3ccc(C)c(Cl)c3)C2)cc1OC. The van der Waals surface area contributed by atoms with Crippen LogP contribution in [0.5, 0.6) is 11.5 Å². The summed E-state index contributed by atoms with van der Waals surface area (Å²) in [5.74, 6) is 0.781. The van der Waals surface area contributed by atoms with Crippen molar-refractivity contribution < 1.29 is 19.1 Å². The molecule has 1 aliphatic rings. The van der Waals surface area contributed by atoms with E-state index < -0.39 is 0 Å². The Hall–Kier alpha value is -2.73. The second-order valence-electron chi connectivity index (χ2n) is 7.07. The van der Waals surface area contributed by atoms with E-state index in [1.54, 1.807) is 25.2 Å². The van der Waals surface area contributed by atoms with Crippen molar-refractivity contribution in [2.45, 2.75) is 19.8 Å². The first-order valence-electron chi connectivity index (χ1n) is 9.48. The van der Waals surface area contributed by atoms with E-state index >= 15 is 0 Å². The molecule has 29 heavy (non-hydrogen) atoms. The van der Waals surface area contributed by atoms with Crippen LogP contribution >= 0.6 is 11.6 Å². The van der Waals surface area contributed by atoms with Crippen LogP contribution in [-0.4, -0.2) is 39.1 Å². The minimum absolute atomic E-state index is 0.0649. The number of benzene rings is 2. The van der Waals surface area contributed by atoms with Crippen LogP contribution in [0, 0.1) is 12.8 Å². The summed E-state index contributed by atoms with van der Waals surface area (Å²) in [6, 6.07) is 11.2. The second kappa shape index (κ2) is 9.18. The monoisotopic (exact) mass is 416 g/mol. The van der Waals surface area contributed by atoms with Gasteiger partial charge in [0.25, 0.3) is 0 Å². The summed E-state index contributed by atoms with van der Waals surface area (Å²) in [7, 11) is 3.18. The van der Waals surface area contributed by atoms with Crippen LogP contribution in [0.4, 0.5) is 5.69 Å². The van der Waals surface area contributed by atoms with Gasteiger partial charge in [0.15, 0.2) is 11.5 Å². The zero-order valence-corrected chi connectivity index (χ0v) is 17.6. The highest BCUT2D eigenvalue weighted by Gasteiger charge is 2.35. The molecule has 0 bridgehead atoms. The highest BCUT2D eigenvalue weighted by Crippen LogP contribution is 2.29. The van der Waals surface area contributed by atoms with Gasteiger partial charge in [-0.1, -0.05) is 23.7 Å². The number of anilines is 1. The predicted octanol–water partition coefficient (Wildman–Crippen LogP) is 3.38. The molecule has 7 heteroatoms. The van der Waals surface area contributed by atoms with Crippen molar-refractivity contribution in [3.05, 3.63) is 52.5 Å². The average Bonchev–Trinajstić information content (AvgIpc) is 3.11. The molecular formula is C22H25ClN2O4. The maximum atomic E-state index is 12.5. The number of ether oxygens (including phenoxy) is 2. The topological polar surface area (TPSA) is 67.9 Å². The Labute approximate surface area is 175 Å². The zero-order chi connectivity index (χ0) is 21.0. The molecule has 0 spiro atoms. The van der Waals surface area contributed by atoms with Crippen molar-refractivity contribution in [3.63, 3.8) is 0 Å². The number of aryl methyl sites for hydroxylation is 1. The molecule has 1 N–H and O–H groups in total. The number of halogens is 1. The Morgan fingerprint density at radius 2 is 1.93 bits per heavy atom. The molecule has 1 atom stereocenters. The van der Waals surface area contributed by atoms with Gasteiger partial charge in [-0.2, -0.15) is 0 Å². The van der Waals surface area contributed by atoms with E-state index in [1.165, 1.54) is 0 Å². The number of nitrogens with one attached hydrogen (secondary N) is 1. The molecule has 3 rings (SSSR count). The van der Waals surface area contributed by atoms with Gasteiger partial charge in [-0.05, 0) is 48.7 Å². The van der Waals surface area contributed by atoms with E-state index in [0.29, 0.717) is 36.0 Å². The van der Waals surface area contributed by atoms with E-state index in [1.807, 2.05) is 37.3 Å². The molecule has 0 aromatic heterocycles. The molecule has 1 heterocycles. The van der Waals surface area contributed by atoms with Crippen LogP contribution in [0.1, 0.15) is 17.5 Å². The average molecular weight is 417 g/mol. The predicted molar refractivity (Wildman–Crippen MR) is 113 cm³/mol. The van der Waals surface area contributed by atoms with Crippen molar-refractivity contribution in [2.75, 3.05) is 32.2 Å². The van der Waals surface area contributed by atoms with E-state index in [-0.39, 0.29) is 24.2 Å². The van der Waals surface area contributed by atoms with E-state index in [2.05, 4.69) is 5.32 Å². The van der Waals surface area contributed by atoms with Crippen molar-refractivity contribution in [3.8, 4) is 11.5 Å². The van der Waals surface area contributed by atoms with Crippen LogP contribution in [0.2, 0.25) is 5.02 Å². The lowest BCUT2D eigenvalue weighted by Crippen LogP contribution is -2.34. The van der Waals surface area contributed by atoms with Gasteiger partial charge in [-0.3, -0.25) is 9.59 Å². The van der Waals surface area contributed by atoms with E-state index in [0.717, 1.165) is 16.8 Å². The lowest BCUT2D eigenvalue weighted by Gasteiger charge is -2.17. The third-order valence-corrected chi connectivity index (χ3v) is 5.53. The fraction of sp³-hybridized carbons (Fsp3) is 0.364. The smallest absolute Gasteiger partial charge is 0.227 e. The molecule has 2 aromatic rings. The summed E-state index contributed by atoms with van der Waals surface area (Å²) in [5.41, 5.74) is 2.71. The number of carbonyl (C=O) groups is 2. The third-order valence-electron chi connectivity index (χ3n) is 5.12. The van der Waals surface area contributed by atoms with Crippen LogP contribution in [0.15, 0.2) is 36.4 Å². The van der Waals surface area contributed by atoms with Gasteiger partial charge in [-0.15, -0.1) is 0 Å². The van der Waals surface area contributed by atoms with Crippen LogP contribution < -0.4 is 19.7 Å². The van der Waals surface area contributed by atoms with Crippen molar-refractivity contribution in [1.29, 1.82) is 0 Å². The highest BCUT2D eigenvalue weighted by atomic mass is 35.5. The lowest BCUT2D eigenvalue weighted by atomic mass is 10.1. The molecule has 0 radical (unpaired) electrons. The van der Waals surface area contributed by atoms with Crippen molar-refractivity contribution >= 4 is 29.1 Å². The lowest BCUT2D eigenvalue weighted by molar-refractivity contribution is -0.126. The van der Waals surface area contributed by atoms with Gasteiger partial charge < -0.3 is 19.7 Å². The minimum atomic E-state index is -0.368. The molecule has 2 aromatic carbocycles. The normalized spacial score (nSPS) is 16.1. The summed E-state index contributed by atoms with van der Waals surface area (Å²) in [6.07, 6.45) is 0.859. The Morgan fingerprint density at radius 1 is 1.17 bits per heavy atom. The molecule has 2 amide bonds. The molecule has 0 saturated carbocycles. The Bertz CT molecular complexity index is 916. The Morgan fingerprint density at radius 3 is 2.62 bits per heavy atom. The van der Waals surface area contributed by atoms with Crippen LogP contribution in [0.25, 0.3) is 0 Å². The van der Waals surface area contributed by atoms with Gasteiger partial charge in [0.05, 0.1) is 20.1 Å². The van der Waals surface area contributed by atoms with Gasteiger partial charge in [0, 0.05) is 30.2 Å². The first-order chi connectivity index (χ1) is 13.9. The number of nitrogens with zero attached hydrogens (tertiary/aromatic N) is 1. The summed E-state index contributed by atoms with van der Waals surface area (Å²) in [6.45, 7) is 2.75. The molecule has 154 valence electrons. The third kappa shape index (κ3) is 4.82. The molecule has 6 nitrogen and oxygen atoms in total. The second-order valence-corrected chi connectivity index (χ2v) is 7.48. The Balaban J connectivity index is 1.55. The van der Waals surface area contributed by atoms with Gasteiger partial charge in [0.1, 0.15) is 0 Å². The number of amides is 2. The van der Waals surface area contributed by atoms with Crippen molar-refractivity contribution in [1.82, 2.24) is 5.32 Å². The summed E-state index contributed by atoms with van der Waals surface area (Å²) >= 11 is 6.17. The van der Waals surface area contributed by atoms with Gasteiger partial charge in [-0.25, -0.2) is 0 Å². The van der Waals surface area contributed by atoms with E-state index in [4.69, 9.17) is 21.1 Å². The quantitative estimate of drug-likeness (QED) is 0.751.